The van der Waals surface area contributed by atoms with Crippen LogP contribution in [0, 0.1) is 0 Å². The maximum Gasteiger partial charge on any atom is 0.354 e. The van der Waals surface area contributed by atoms with E-state index in [0.717, 1.165) is 35.3 Å². The van der Waals surface area contributed by atoms with Gasteiger partial charge in [0.05, 0.1) is 16.2 Å². The molecule has 1 aliphatic carbocycles. The highest BCUT2D eigenvalue weighted by Crippen LogP contribution is 2.37. The predicted molar refractivity (Wildman–Crippen MR) is 95.4 cm³/mol. The number of fused-ring (bicyclic) bond motifs is 1. The fourth-order valence-corrected chi connectivity index (χ4v) is 3.84. The summed E-state index contributed by atoms with van der Waals surface area (Å²) in [4.78, 5) is 15.5. The molecule has 4 rings (SSSR count). The first-order valence-corrected chi connectivity index (χ1v) is 8.85. The van der Waals surface area contributed by atoms with E-state index in [2.05, 4.69) is 4.98 Å². The van der Waals surface area contributed by atoms with Crippen molar-refractivity contribution in [2.75, 3.05) is 0 Å². The zero-order chi connectivity index (χ0) is 17.4. The van der Waals surface area contributed by atoms with Gasteiger partial charge in [0.25, 0.3) is 0 Å². The average Bonchev–Trinajstić information content (AvgIpc) is 3.23. The summed E-state index contributed by atoms with van der Waals surface area (Å²) in [5.74, 6) is -0.555. The van der Waals surface area contributed by atoms with Crippen LogP contribution in [0.1, 0.15) is 59.0 Å². The second-order valence-corrected chi connectivity index (χ2v) is 6.95. The highest BCUT2D eigenvalue weighted by Gasteiger charge is 2.25. The number of aromatic carboxylic acids is 1. The smallest absolute Gasteiger partial charge is 0.354 e. The molecule has 0 spiro atoms. The Morgan fingerprint density at radius 2 is 2.04 bits per heavy atom. The van der Waals surface area contributed by atoms with Gasteiger partial charge in [-0.1, -0.05) is 30.5 Å². The van der Waals surface area contributed by atoms with Crippen LogP contribution in [-0.4, -0.2) is 25.7 Å². The van der Waals surface area contributed by atoms with Gasteiger partial charge in [0, 0.05) is 29.8 Å². The third kappa shape index (κ3) is 3.12. The van der Waals surface area contributed by atoms with Crippen molar-refractivity contribution in [3.05, 3.63) is 64.2 Å². The molecule has 3 aromatic rings. The lowest BCUT2D eigenvalue weighted by atomic mass is 9.96. The molecule has 0 aliphatic heterocycles. The number of hydrogen-bond acceptors (Lipinski definition) is 3. The second-order valence-electron chi connectivity index (χ2n) is 6.52. The Labute approximate surface area is 150 Å². The molecule has 0 aromatic carbocycles. The minimum Gasteiger partial charge on any atom is -0.477 e. The van der Waals surface area contributed by atoms with Crippen molar-refractivity contribution < 1.29 is 9.90 Å². The molecule has 0 bridgehead atoms. The van der Waals surface area contributed by atoms with Gasteiger partial charge < -0.3 is 5.11 Å². The summed E-state index contributed by atoms with van der Waals surface area (Å²) >= 11 is 6.12. The minimum atomic E-state index is -1.01. The number of aromatic nitrogens is 3. The van der Waals surface area contributed by atoms with Crippen LogP contribution in [-0.2, 0) is 6.42 Å². The Morgan fingerprint density at radius 3 is 2.80 bits per heavy atom. The van der Waals surface area contributed by atoms with Crippen molar-refractivity contribution in [2.24, 2.45) is 0 Å². The van der Waals surface area contributed by atoms with Gasteiger partial charge >= 0.3 is 5.97 Å². The molecule has 3 heterocycles. The van der Waals surface area contributed by atoms with Gasteiger partial charge in [0.1, 0.15) is 5.69 Å². The van der Waals surface area contributed by atoms with Crippen LogP contribution in [0.4, 0.5) is 0 Å². The lowest BCUT2D eigenvalue weighted by molar-refractivity contribution is 0.0690. The molecule has 5 nitrogen and oxygen atoms in total. The first-order valence-electron chi connectivity index (χ1n) is 8.47. The van der Waals surface area contributed by atoms with E-state index in [4.69, 9.17) is 16.7 Å². The lowest BCUT2D eigenvalue weighted by Gasteiger charge is -2.09. The lowest BCUT2D eigenvalue weighted by Crippen LogP contribution is -2.04. The summed E-state index contributed by atoms with van der Waals surface area (Å²) in [5.41, 5.74) is 4.04. The molecule has 1 aliphatic rings. The van der Waals surface area contributed by atoms with Gasteiger partial charge in [-0.15, -0.1) is 0 Å². The number of carboxylic acids is 1. The maximum absolute atomic E-state index is 11.2. The van der Waals surface area contributed by atoms with Crippen molar-refractivity contribution in [2.45, 2.75) is 38.0 Å². The van der Waals surface area contributed by atoms with Crippen molar-refractivity contribution in [3.8, 4) is 0 Å². The van der Waals surface area contributed by atoms with Crippen molar-refractivity contribution in [1.29, 1.82) is 0 Å². The molecule has 0 unspecified atom stereocenters. The van der Waals surface area contributed by atoms with Crippen molar-refractivity contribution >= 4 is 23.1 Å². The maximum atomic E-state index is 11.2. The predicted octanol–water partition coefficient (Wildman–Crippen LogP) is 4.33. The number of carbonyl (C=O) groups is 1. The standard InChI is InChI=1S/C19H18ClN3O2/c20-13-8-9-17-15(10-14-6-3-7-16(21-14)19(24)25)18(22-23(17)11-13)12-4-1-2-5-12/h3,6-9,11-12H,1-2,4-5,10H2,(H,24,25). The average molecular weight is 356 g/mol. The molecular weight excluding hydrogens is 338 g/mol. The van der Waals surface area contributed by atoms with Crippen LogP contribution < -0.4 is 0 Å². The van der Waals surface area contributed by atoms with Crippen molar-refractivity contribution in [1.82, 2.24) is 14.6 Å². The fourth-order valence-electron chi connectivity index (χ4n) is 3.68. The van der Waals surface area contributed by atoms with Crippen LogP contribution in [0.2, 0.25) is 5.02 Å². The minimum absolute atomic E-state index is 0.0689. The summed E-state index contributed by atoms with van der Waals surface area (Å²) in [5, 5.41) is 14.6. The summed E-state index contributed by atoms with van der Waals surface area (Å²) in [7, 11) is 0. The number of hydrogen-bond donors (Lipinski definition) is 1. The Morgan fingerprint density at radius 1 is 1.24 bits per heavy atom. The van der Waals surface area contributed by atoms with E-state index in [-0.39, 0.29) is 5.69 Å². The zero-order valence-corrected chi connectivity index (χ0v) is 14.4. The van der Waals surface area contributed by atoms with Gasteiger partial charge in [-0.3, -0.25) is 0 Å². The van der Waals surface area contributed by atoms with E-state index in [1.165, 1.54) is 18.9 Å². The number of rotatable bonds is 4. The van der Waals surface area contributed by atoms with E-state index >= 15 is 0 Å². The molecule has 128 valence electrons. The van der Waals surface area contributed by atoms with Crippen LogP contribution in [0.25, 0.3) is 5.52 Å². The fraction of sp³-hybridized carbons (Fsp3) is 0.316. The van der Waals surface area contributed by atoms with E-state index in [0.29, 0.717) is 17.4 Å². The summed E-state index contributed by atoms with van der Waals surface area (Å²) in [6, 6.07) is 8.96. The molecule has 1 saturated carbocycles. The first-order chi connectivity index (χ1) is 12.1. The number of nitrogens with zero attached hydrogens (tertiary/aromatic N) is 3. The molecule has 3 aromatic heterocycles. The molecule has 1 N–H and O–H groups in total. The SMILES string of the molecule is O=C(O)c1cccc(Cc2c(C3CCCC3)nn3cc(Cl)ccc23)n1. The van der Waals surface area contributed by atoms with Gasteiger partial charge in [-0.2, -0.15) is 5.10 Å². The monoisotopic (exact) mass is 355 g/mol. The van der Waals surface area contributed by atoms with E-state index in [1.54, 1.807) is 6.07 Å². The van der Waals surface area contributed by atoms with Gasteiger partial charge in [-0.25, -0.2) is 14.3 Å². The third-order valence-electron chi connectivity index (χ3n) is 4.85. The Balaban J connectivity index is 1.80. The molecule has 0 saturated heterocycles. The Bertz CT molecular complexity index is 945. The summed E-state index contributed by atoms with van der Waals surface area (Å²) in [6.07, 6.45) is 7.13. The summed E-state index contributed by atoms with van der Waals surface area (Å²) in [6.45, 7) is 0. The Kier molecular flexibility index (Phi) is 4.17. The van der Waals surface area contributed by atoms with Crippen LogP contribution in [0.15, 0.2) is 36.5 Å². The van der Waals surface area contributed by atoms with E-state index in [9.17, 15) is 9.90 Å². The number of carboxylic acid groups (broad SMARTS) is 1. The van der Waals surface area contributed by atoms with Gasteiger partial charge in [0.15, 0.2) is 0 Å². The van der Waals surface area contributed by atoms with Crippen LogP contribution in [0.3, 0.4) is 0 Å². The highest BCUT2D eigenvalue weighted by molar-refractivity contribution is 6.30. The highest BCUT2D eigenvalue weighted by atomic mass is 35.5. The molecule has 0 radical (unpaired) electrons. The molecule has 25 heavy (non-hydrogen) atoms. The van der Waals surface area contributed by atoms with E-state index < -0.39 is 5.97 Å². The molecule has 0 atom stereocenters. The zero-order valence-electron chi connectivity index (χ0n) is 13.7. The quantitative estimate of drug-likeness (QED) is 0.756. The van der Waals surface area contributed by atoms with Gasteiger partial charge in [-0.05, 0) is 37.1 Å². The molecule has 6 heteroatoms. The largest absolute Gasteiger partial charge is 0.477 e. The van der Waals surface area contributed by atoms with Crippen LogP contribution >= 0.6 is 11.6 Å². The number of pyridine rings is 2. The summed E-state index contributed by atoms with van der Waals surface area (Å²) < 4.78 is 1.84. The van der Waals surface area contributed by atoms with Crippen LogP contribution in [0.5, 0.6) is 0 Å². The first kappa shape index (κ1) is 16.1. The topological polar surface area (TPSA) is 67.5 Å². The number of halogens is 1. The Hall–Kier alpha value is -2.40. The molecule has 0 amide bonds. The molecule has 1 fully saturated rings. The normalized spacial score (nSPS) is 15.1. The van der Waals surface area contributed by atoms with E-state index in [1.807, 2.05) is 28.9 Å². The second kappa shape index (κ2) is 6.48. The van der Waals surface area contributed by atoms with Crippen molar-refractivity contribution in [3.63, 3.8) is 0 Å². The molecular formula is C19H18ClN3O2. The third-order valence-corrected chi connectivity index (χ3v) is 5.08. The van der Waals surface area contributed by atoms with Gasteiger partial charge in [0.2, 0.25) is 0 Å².